The third-order valence-corrected chi connectivity index (χ3v) is 2.89. The van der Waals surface area contributed by atoms with Crippen LogP contribution >= 0.6 is 0 Å². The highest BCUT2D eigenvalue weighted by molar-refractivity contribution is 5.36. The molecule has 0 radical (unpaired) electrons. The predicted octanol–water partition coefficient (Wildman–Crippen LogP) is 3.52. The molecule has 0 heterocycles. The number of aryl methyl sites for hydroxylation is 2. The van der Waals surface area contributed by atoms with Crippen molar-refractivity contribution in [1.82, 2.24) is 0 Å². The van der Waals surface area contributed by atoms with E-state index < -0.39 is 6.10 Å². The van der Waals surface area contributed by atoms with E-state index in [9.17, 15) is 9.50 Å². The van der Waals surface area contributed by atoms with Crippen molar-refractivity contribution >= 4 is 0 Å². The van der Waals surface area contributed by atoms with Crippen LogP contribution in [0.15, 0.2) is 42.5 Å². The van der Waals surface area contributed by atoms with Gasteiger partial charge < -0.3 is 5.11 Å². The van der Waals surface area contributed by atoms with Gasteiger partial charge in [0.1, 0.15) is 11.9 Å². The summed E-state index contributed by atoms with van der Waals surface area (Å²) in [6, 6.07) is 12.1. The second kappa shape index (κ2) is 4.68. The van der Waals surface area contributed by atoms with Gasteiger partial charge >= 0.3 is 0 Å². The number of hydrogen-bond donors (Lipinski definition) is 1. The van der Waals surface area contributed by atoms with Gasteiger partial charge in [0.2, 0.25) is 0 Å². The van der Waals surface area contributed by atoms with Gasteiger partial charge in [0.25, 0.3) is 0 Å². The molecule has 0 bridgehead atoms. The molecule has 1 N–H and O–H groups in total. The molecule has 88 valence electrons. The fourth-order valence-electron chi connectivity index (χ4n) is 1.93. The minimum absolute atomic E-state index is 0.322. The highest BCUT2D eigenvalue weighted by Crippen LogP contribution is 2.25. The van der Waals surface area contributed by atoms with Crippen molar-refractivity contribution in [2.75, 3.05) is 0 Å². The summed E-state index contributed by atoms with van der Waals surface area (Å²) in [4.78, 5) is 0. The van der Waals surface area contributed by atoms with E-state index in [1.165, 1.54) is 12.1 Å². The molecule has 2 heteroatoms. The van der Waals surface area contributed by atoms with E-state index in [1.807, 2.05) is 38.1 Å². The van der Waals surface area contributed by atoms with Crippen molar-refractivity contribution in [3.8, 4) is 0 Å². The summed E-state index contributed by atoms with van der Waals surface area (Å²) in [6.07, 6.45) is -0.773. The highest BCUT2D eigenvalue weighted by Gasteiger charge is 2.13. The van der Waals surface area contributed by atoms with E-state index in [0.717, 1.165) is 16.7 Å². The van der Waals surface area contributed by atoms with Crippen LogP contribution in [0.25, 0.3) is 0 Å². The molecule has 0 amide bonds. The van der Waals surface area contributed by atoms with E-state index >= 15 is 0 Å². The maximum absolute atomic E-state index is 13.2. The van der Waals surface area contributed by atoms with Crippen molar-refractivity contribution in [3.63, 3.8) is 0 Å². The maximum Gasteiger partial charge on any atom is 0.123 e. The van der Waals surface area contributed by atoms with E-state index in [-0.39, 0.29) is 5.82 Å². The Morgan fingerprint density at radius 3 is 2.53 bits per heavy atom. The Bertz CT molecular complexity index is 534. The Balaban J connectivity index is 2.43. The summed E-state index contributed by atoms with van der Waals surface area (Å²) in [5, 5.41) is 10.3. The molecule has 0 aliphatic rings. The molecule has 0 aliphatic carbocycles. The Kier molecular flexibility index (Phi) is 3.25. The molecule has 1 nitrogen and oxygen atoms in total. The van der Waals surface area contributed by atoms with Gasteiger partial charge in [0.15, 0.2) is 0 Å². The highest BCUT2D eigenvalue weighted by atomic mass is 19.1. The van der Waals surface area contributed by atoms with Gasteiger partial charge in [-0.1, -0.05) is 35.9 Å². The third kappa shape index (κ3) is 2.53. The molecule has 1 atom stereocenters. The van der Waals surface area contributed by atoms with Crippen LogP contribution in [0.3, 0.4) is 0 Å². The fraction of sp³-hybridized carbons (Fsp3) is 0.200. The van der Waals surface area contributed by atoms with Crippen molar-refractivity contribution in [3.05, 3.63) is 70.5 Å². The second-order valence-electron chi connectivity index (χ2n) is 4.32. The lowest BCUT2D eigenvalue weighted by molar-refractivity contribution is 0.219. The lowest BCUT2D eigenvalue weighted by atomic mass is 9.96. The number of halogens is 1. The zero-order chi connectivity index (χ0) is 12.4. The molecule has 2 aromatic carbocycles. The average molecular weight is 230 g/mol. The SMILES string of the molecule is Cc1cccc(C(O)c2cc(F)ccc2C)c1. The van der Waals surface area contributed by atoms with Crippen LogP contribution in [0.1, 0.15) is 28.4 Å². The minimum Gasteiger partial charge on any atom is -0.384 e. The first-order valence-corrected chi connectivity index (χ1v) is 5.58. The lowest BCUT2D eigenvalue weighted by Gasteiger charge is -2.14. The van der Waals surface area contributed by atoms with Gasteiger partial charge in [-0.25, -0.2) is 4.39 Å². The van der Waals surface area contributed by atoms with Crippen LogP contribution in [-0.4, -0.2) is 5.11 Å². The van der Waals surface area contributed by atoms with Crippen LogP contribution in [0.5, 0.6) is 0 Å². The molecule has 2 aromatic rings. The Hall–Kier alpha value is -1.67. The number of rotatable bonds is 2. The Morgan fingerprint density at radius 1 is 1.06 bits per heavy atom. The average Bonchev–Trinajstić information content (AvgIpc) is 2.31. The molecule has 2 rings (SSSR count). The van der Waals surface area contributed by atoms with Gasteiger partial charge in [0, 0.05) is 0 Å². The summed E-state index contributed by atoms with van der Waals surface area (Å²) in [6.45, 7) is 3.84. The minimum atomic E-state index is -0.773. The Morgan fingerprint density at radius 2 is 1.82 bits per heavy atom. The molecule has 17 heavy (non-hydrogen) atoms. The first-order chi connectivity index (χ1) is 8.08. The number of aliphatic hydroxyl groups is 1. The van der Waals surface area contributed by atoms with E-state index in [4.69, 9.17) is 0 Å². The van der Waals surface area contributed by atoms with Crippen molar-refractivity contribution in [1.29, 1.82) is 0 Å². The predicted molar refractivity (Wildman–Crippen MR) is 66.4 cm³/mol. The molecule has 0 spiro atoms. The number of benzene rings is 2. The first kappa shape index (κ1) is 11.8. The maximum atomic E-state index is 13.2. The summed E-state index contributed by atoms with van der Waals surface area (Å²) in [5.74, 6) is -0.322. The molecule has 0 fully saturated rings. The zero-order valence-corrected chi connectivity index (χ0v) is 9.94. The van der Waals surface area contributed by atoms with E-state index in [1.54, 1.807) is 6.07 Å². The summed E-state index contributed by atoms with van der Waals surface area (Å²) >= 11 is 0. The zero-order valence-electron chi connectivity index (χ0n) is 9.94. The quantitative estimate of drug-likeness (QED) is 0.836. The molecular weight excluding hydrogens is 215 g/mol. The second-order valence-corrected chi connectivity index (χ2v) is 4.32. The first-order valence-electron chi connectivity index (χ1n) is 5.58. The van der Waals surface area contributed by atoms with Crippen LogP contribution in [0.2, 0.25) is 0 Å². The van der Waals surface area contributed by atoms with Crippen LogP contribution in [0.4, 0.5) is 4.39 Å². The van der Waals surface area contributed by atoms with Gasteiger partial charge in [-0.15, -0.1) is 0 Å². The van der Waals surface area contributed by atoms with Crippen molar-refractivity contribution in [2.45, 2.75) is 20.0 Å². The molecule has 0 aliphatic heterocycles. The van der Waals surface area contributed by atoms with Gasteiger partial charge in [-0.3, -0.25) is 0 Å². The van der Waals surface area contributed by atoms with Crippen LogP contribution in [0, 0.1) is 19.7 Å². The molecule has 0 saturated carbocycles. The van der Waals surface area contributed by atoms with Crippen LogP contribution in [-0.2, 0) is 0 Å². The standard InChI is InChI=1S/C15H15FO/c1-10-4-3-5-12(8-10)15(17)14-9-13(16)7-6-11(14)2/h3-9,15,17H,1-2H3. The Labute approximate surface area is 101 Å². The van der Waals surface area contributed by atoms with Gasteiger partial charge in [-0.2, -0.15) is 0 Å². The molecular formula is C15H15FO. The third-order valence-electron chi connectivity index (χ3n) is 2.89. The van der Waals surface area contributed by atoms with Crippen molar-refractivity contribution < 1.29 is 9.50 Å². The smallest absolute Gasteiger partial charge is 0.123 e. The lowest BCUT2D eigenvalue weighted by Crippen LogP contribution is -2.02. The molecule has 0 saturated heterocycles. The number of aliphatic hydroxyl groups excluding tert-OH is 1. The fourth-order valence-corrected chi connectivity index (χ4v) is 1.93. The van der Waals surface area contributed by atoms with E-state index in [2.05, 4.69) is 0 Å². The monoisotopic (exact) mass is 230 g/mol. The van der Waals surface area contributed by atoms with E-state index in [0.29, 0.717) is 5.56 Å². The molecule has 1 unspecified atom stereocenters. The summed E-state index contributed by atoms with van der Waals surface area (Å²) in [7, 11) is 0. The van der Waals surface area contributed by atoms with Crippen molar-refractivity contribution in [2.24, 2.45) is 0 Å². The van der Waals surface area contributed by atoms with Gasteiger partial charge in [-0.05, 0) is 42.7 Å². The normalized spacial score (nSPS) is 12.5. The number of hydrogen-bond acceptors (Lipinski definition) is 1. The summed E-state index contributed by atoms with van der Waals surface area (Å²) in [5.41, 5.74) is 3.38. The van der Waals surface area contributed by atoms with Crippen LogP contribution < -0.4 is 0 Å². The van der Waals surface area contributed by atoms with Gasteiger partial charge in [0.05, 0.1) is 0 Å². The largest absolute Gasteiger partial charge is 0.384 e. The topological polar surface area (TPSA) is 20.2 Å². The summed E-state index contributed by atoms with van der Waals surface area (Å²) < 4.78 is 13.2. The molecule has 0 aromatic heterocycles.